The van der Waals surface area contributed by atoms with Crippen LogP contribution in [0.2, 0.25) is 0 Å². The number of benzene rings is 1. The van der Waals surface area contributed by atoms with Crippen molar-refractivity contribution in [2.75, 3.05) is 25.1 Å². The van der Waals surface area contributed by atoms with Crippen molar-refractivity contribution >= 4 is 25.1 Å². The molecule has 1 aromatic carbocycles. The molecule has 2 unspecified atom stereocenters. The van der Waals surface area contributed by atoms with Gasteiger partial charge in [0.15, 0.2) is 0 Å². The van der Waals surface area contributed by atoms with Crippen LogP contribution in [0.3, 0.4) is 0 Å². The molecule has 1 aliphatic heterocycles. The summed E-state index contributed by atoms with van der Waals surface area (Å²) >= 11 is 0. The Balaban J connectivity index is 1.47. The number of H-pyrrole nitrogens is 1. The van der Waals surface area contributed by atoms with Crippen LogP contribution in [0, 0.1) is 0 Å². The van der Waals surface area contributed by atoms with E-state index in [1.807, 2.05) is 0 Å². The predicted octanol–water partition coefficient (Wildman–Crippen LogP) is 1.74. The number of amides is 2. The molecule has 2 amide bonds. The molecule has 0 saturated carbocycles. The van der Waals surface area contributed by atoms with Crippen molar-refractivity contribution in [1.82, 2.24) is 14.9 Å². The zero-order chi connectivity index (χ0) is 25.4. The highest BCUT2D eigenvalue weighted by molar-refractivity contribution is 7.53. The van der Waals surface area contributed by atoms with Crippen LogP contribution in [0.25, 0.3) is 0 Å². The van der Waals surface area contributed by atoms with Gasteiger partial charge in [0.25, 0.3) is 5.56 Å². The van der Waals surface area contributed by atoms with Crippen molar-refractivity contribution in [3.05, 3.63) is 62.9 Å². The van der Waals surface area contributed by atoms with E-state index in [0.717, 1.165) is 5.56 Å². The lowest BCUT2D eigenvalue weighted by Gasteiger charge is -2.17. The molecule has 3 N–H and O–H groups in total. The Morgan fingerprint density at radius 2 is 1.80 bits per heavy atom. The van der Waals surface area contributed by atoms with E-state index >= 15 is 0 Å². The first kappa shape index (κ1) is 26.6. The fourth-order valence-electron chi connectivity index (χ4n) is 3.60. The maximum Gasteiger partial charge on any atom is 0.335 e. The number of rotatable bonds is 11. The highest BCUT2D eigenvalue weighted by Gasteiger charge is 2.32. The molecule has 2 aromatic rings. The van der Waals surface area contributed by atoms with Crippen LogP contribution in [0.5, 0.6) is 0 Å². The average molecular weight is 508 g/mol. The molecule has 1 aromatic heterocycles. The van der Waals surface area contributed by atoms with E-state index in [1.54, 1.807) is 38.1 Å². The number of aromatic amines is 1. The smallest absolute Gasteiger partial charge is 0.335 e. The molecule has 2 atom stereocenters. The molecule has 12 nitrogen and oxygen atoms in total. The van der Waals surface area contributed by atoms with Gasteiger partial charge in [-0.15, -0.1) is 0 Å². The third-order valence-corrected chi connectivity index (χ3v) is 7.20. The van der Waals surface area contributed by atoms with Crippen LogP contribution in [-0.2, 0) is 34.1 Å². The number of ether oxygens (including phenoxy) is 1. The van der Waals surface area contributed by atoms with Crippen molar-refractivity contribution in [3.8, 4) is 0 Å². The third-order valence-electron chi connectivity index (χ3n) is 5.14. The molecule has 0 radical (unpaired) electrons. The lowest BCUT2D eigenvalue weighted by molar-refractivity contribution is -0.135. The fourth-order valence-corrected chi connectivity index (χ4v) is 5.30. The first-order valence-corrected chi connectivity index (χ1v) is 13.0. The Morgan fingerprint density at radius 1 is 1.11 bits per heavy atom. The van der Waals surface area contributed by atoms with Gasteiger partial charge >= 0.3 is 13.3 Å². The van der Waals surface area contributed by atoms with Crippen molar-refractivity contribution < 1.29 is 27.9 Å². The second-order valence-corrected chi connectivity index (χ2v) is 9.80. The average Bonchev–Trinajstić information content (AvgIpc) is 3.29. The van der Waals surface area contributed by atoms with Gasteiger partial charge in [0.05, 0.1) is 25.9 Å². The van der Waals surface area contributed by atoms with Crippen LogP contribution in [0.4, 0.5) is 5.69 Å². The minimum absolute atomic E-state index is 0.118. The molecule has 2 heterocycles. The van der Waals surface area contributed by atoms with Gasteiger partial charge in [-0.05, 0) is 44.4 Å². The van der Waals surface area contributed by atoms with Crippen LogP contribution < -0.4 is 21.9 Å². The zero-order valence-electron chi connectivity index (χ0n) is 19.5. The van der Waals surface area contributed by atoms with Crippen molar-refractivity contribution in [2.24, 2.45) is 0 Å². The first-order valence-electron chi connectivity index (χ1n) is 11.2. The molecule has 0 bridgehead atoms. The Morgan fingerprint density at radius 3 is 2.43 bits per heavy atom. The van der Waals surface area contributed by atoms with E-state index in [-0.39, 0.29) is 25.9 Å². The summed E-state index contributed by atoms with van der Waals surface area (Å²) in [5.74, 6) is -0.912. The van der Waals surface area contributed by atoms with Gasteiger partial charge in [-0.3, -0.25) is 28.5 Å². The summed E-state index contributed by atoms with van der Waals surface area (Å²) in [6.07, 6.45) is 0.699. The lowest BCUT2D eigenvalue weighted by atomic mass is 10.2. The number of aromatic nitrogens is 2. The van der Waals surface area contributed by atoms with Crippen LogP contribution in [0.15, 0.2) is 46.1 Å². The van der Waals surface area contributed by atoms with Crippen molar-refractivity contribution in [1.29, 1.82) is 0 Å². The SMILES string of the molecule is CCOP(=O)(Cc1ccc(NC(=O)CNC(=O)C2CCC(n3ccc(=O)[nH]c3=O)O2)cc1)OCC. The Bertz CT molecular complexity index is 1180. The second kappa shape index (κ2) is 12.1. The summed E-state index contributed by atoms with van der Waals surface area (Å²) < 4.78 is 30.1. The molecule has 190 valence electrons. The van der Waals surface area contributed by atoms with Crippen molar-refractivity contribution in [3.63, 3.8) is 0 Å². The Labute approximate surface area is 201 Å². The number of anilines is 1. The standard InChI is InChI=1S/C22H29N4O8P/c1-3-32-35(31,33-4-2)14-15-5-7-16(8-6-15)24-19(28)13-23-21(29)17-9-10-20(34-17)26-12-11-18(27)25-22(26)30/h5-8,11-12,17,20H,3-4,9-10,13-14H2,1-2H3,(H,23,29)(H,24,28)(H,25,27,30). The Hall–Kier alpha value is -3.05. The van der Waals surface area contributed by atoms with E-state index in [9.17, 15) is 23.7 Å². The highest BCUT2D eigenvalue weighted by atomic mass is 31.2. The molecule has 35 heavy (non-hydrogen) atoms. The number of carbonyl (C=O) groups excluding carboxylic acids is 2. The van der Waals surface area contributed by atoms with Gasteiger partial charge < -0.3 is 24.4 Å². The summed E-state index contributed by atoms with van der Waals surface area (Å²) in [5.41, 5.74) is 0.101. The molecular weight excluding hydrogens is 479 g/mol. The van der Waals surface area contributed by atoms with E-state index < -0.39 is 43.0 Å². The van der Waals surface area contributed by atoms with Crippen LogP contribution in [0.1, 0.15) is 38.5 Å². The topological polar surface area (TPSA) is 158 Å². The molecular formula is C22H29N4O8P. The van der Waals surface area contributed by atoms with E-state index in [0.29, 0.717) is 18.5 Å². The minimum atomic E-state index is -3.23. The number of nitrogens with zero attached hydrogens (tertiary/aromatic N) is 1. The predicted molar refractivity (Wildman–Crippen MR) is 127 cm³/mol. The number of nitrogens with one attached hydrogen (secondary N) is 3. The van der Waals surface area contributed by atoms with Gasteiger partial charge in [0.2, 0.25) is 11.8 Å². The van der Waals surface area contributed by atoms with Gasteiger partial charge in [-0.1, -0.05) is 12.1 Å². The highest BCUT2D eigenvalue weighted by Crippen LogP contribution is 2.51. The normalized spacial score (nSPS) is 17.8. The second-order valence-electron chi connectivity index (χ2n) is 7.74. The summed E-state index contributed by atoms with van der Waals surface area (Å²) in [6, 6.07) is 7.94. The van der Waals surface area contributed by atoms with Gasteiger partial charge in [0, 0.05) is 18.0 Å². The van der Waals surface area contributed by atoms with Gasteiger partial charge in [-0.2, -0.15) is 0 Å². The van der Waals surface area contributed by atoms with Gasteiger partial charge in [0.1, 0.15) is 12.3 Å². The summed E-state index contributed by atoms with van der Waals surface area (Å²) in [4.78, 5) is 49.9. The first-order chi connectivity index (χ1) is 16.7. The number of carbonyl (C=O) groups is 2. The monoisotopic (exact) mass is 508 g/mol. The quantitative estimate of drug-likeness (QED) is 0.387. The fraction of sp³-hybridized carbons (Fsp3) is 0.455. The molecule has 0 spiro atoms. The molecule has 3 rings (SSSR count). The molecule has 1 aliphatic rings. The molecule has 1 fully saturated rings. The Kier molecular flexibility index (Phi) is 9.16. The zero-order valence-corrected chi connectivity index (χ0v) is 20.4. The minimum Gasteiger partial charge on any atom is -0.345 e. The molecule has 13 heteroatoms. The molecule has 0 aliphatic carbocycles. The maximum atomic E-state index is 12.6. The van der Waals surface area contributed by atoms with Crippen LogP contribution in [-0.4, -0.2) is 47.2 Å². The molecule has 1 saturated heterocycles. The van der Waals surface area contributed by atoms with E-state index in [1.165, 1.54) is 16.8 Å². The third kappa shape index (κ3) is 7.46. The van der Waals surface area contributed by atoms with Gasteiger partial charge in [-0.25, -0.2) is 4.79 Å². The number of hydrogen-bond donors (Lipinski definition) is 3. The summed E-state index contributed by atoms with van der Waals surface area (Å²) in [6.45, 7) is 3.76. The number of hydrogen-bond acceptors (Lipinski definition) is 8. The summed E-state index contributed by atoms with van der Waals surface area (Å²) in [5, 5.41) is 5.19. The van der Waals surface area contributed by atoms with E-state index in [4.69, 9.17) is 13.8 Å². The largest absolute Gasteiger partial charge is 0.345 e. The van der Waals surface area contributed by atoms with Crippen LogP contribution >= 0.6 is 7.60 Å². The lowest BCUT2D eigenvalue weighted by Crippen LogP contribution is -2.39. The van der Waals surface area contributed by atoms with E-state index in [2.05, 4.69) is 15.6 Å². The van der Waals surface area contributed by atoms with Crippen molar-refractivity contribution in [2.45, 2.75) is 45.2 Å². The maximum absolute atomic E-state index is 12.6. The summed E-state index contributed by atoms with van der Waals surface area (Å²) in [7, 11) is -3.23.